The first kappa shape index (κ1) is 87.9. The van der Waals surface area contributed by atoms with E-state index in [-0.39, 0.29) is 0 Å². The van der Waals surface area contributed by atoms with Gasteiger partial charge in [-0.15, -0.1) is 34.0 Å². The van der Waals surface area contributed by atoms with Crippen molar-refractivity contribution in [3.8, 4) is 84.1 Å². The summed E-state index contributed by atoms with van der Waals surface area (Å²) in [5, 5.41) is 18.0. The highest BCUT2D eigenvalue weighted by atomic mass is 32.2. The van der Waals surface area contributed by atoms with E-state index in [2.05, 4.69) is 423 Å². The predicted molar refractivity (Wildman–Crippen MR) is 634 cm³/mol. The molecule has 15 heterocycles. The number of furan rings is 2. The molecule has 20 heteroatoms. The van der Waals surface area contributed by atoms with Gasteiger partial charge in [-0.25, -0.2) is 24.9 Å². The molecule has 150 heavy (non-hydrogen) atoms. The lowest BCUT2D eigenvalue weighted by Crippen LogP contribution is -2.05. The summed E-state index contributed by atoms with van der Waals surface area (Å²) in [6.07, 6.45) is 0. The SMILES string of the molecule is c1ccc2c(c1)CSc1nc3cc(-c4ccc5oc6ccccc6c5c4)ccc3n1-2.c1ccc2c(c1)CSc1nc3cc(-c4ccc5sc6ccccc6c5c4)ccc3n1-2.c1ccc2c(c1)CSc1nc3cc(-c4cccc5c4oc4ccccc45)ccc3n1-2.c1ccc2c(c1)CSc1nc3cc(-c4cccc5c4sc4ccccc45)ccc3n1-2.c1ccc2c(c1)CSc1nc3cc(-c4cccc5sc6ccccc6c45)ccc3n1-2. The molecule has 0 amide bonds. The van der Waals surface area contributed by atoms with Crippen LogP contribution in [0.1, 0.15) is 27.8 Å². The molecule has 0 fully saturated rings. The molecule has 10 aromatic heterocycles. The molecule has 0 spiro atoms. The van der Waals surface area contributed by atoms with Crippen molar-refractivity contribution in [3.05, 3.63) is 452 Å². The first-order valence-electron chi connectivity index (χ1n) is 50.0. The molecule has 0 bridgehead atoms. The number of benzene rings is 20. The molecule has 0 unspecified atom stereocenters. The van der Waals surface area contributed by atoms with E-state index >= 15 is 0 Å². The Bertz CT molecular complexity index is 10300. The summed E-state index contributed by atoms with van der Waals surface area (Å²) < 4.78 is 31.8. The van der Waals surface area contributed by atoms with Crippen LogP contribution in [0.3, 0.4) is 0 Å². The molecular formula is C130H80N10O2S8. The maximum atomic E-state index is 6.25. The number of para-hydroxylation sites is 8. The number of aromatic nitrogens is 10. The number of rotatable bonds is 5. The standard InChI is InChI=1S/2C26H16N2OS.3C26H16N2S2/c1-3-10-22-17(6-1)15-30-26-27-21-14-16(12-13-23(21)28(22)26)18-8-5-9-20-19-7-2-4-11-24(19)29-25(18)20;1-3-7-22-18(5-1)15-30-26-27-21-14-17(9-11-23(21)28(22)26)16-10-12-25-20(13-16)19-6-2-4-8-24(19)29-25;1-3-10-22-17(6-1)15-29-26-27-21-14-16(12-13-23(21)28(22)26)18-8-5-9-20-19-7-2-4-11-24(19)30-25(18)20;1-3-9-21-17(6-1)15-29-26-27-20-14-16(12-13-22(20)28(21)26)18-8-5-11-24-25(18)19-7-2-4-10-23(19)30-24;1-3-7-22-18(5-1)15-29-26-27-21-14-17(9-11-23(21)28(22)26)16-10-12-25-20(13-16)19-6-2-4-8-24(19)30-25/h5*1-14H,15H2. The van der Waals surface area contributed by atoms with Crippen LogP contribution >= 0.6 is 92.8 Å². The Hall–Kier alpha value is -16.2. The first-order chi connectivity index (χ1) is 74.3. The molecule has 35 rings (SSSR count). The number of thiophene rings is 3. The van der Waals surface area contributed by atoms with Crippen molar-refractivity contribution < 1.29 is 8.83 Å². The van der Waals surface area contributed by atoms with E-state index in [4.69, 9.17) is 33.8 Å². The summed E-state index contributed by atoms with van der Waals surface area (Å²) in [5.74, 6) is 4.87. The normalized spacial score (nSPS) is 13.1. The van der Waals surface area contributed by atoms with Crippen molar-refractivity contribution in [2.24, 2.45) is 0 Å². The summed E-state index contributed by atoms with van der Waals surface area (Å²) >= 11 is 14.7. The van der Waals surface area contributed by atoms with Crippen molar-refractivity contribution in [3.63, 3.8) is 0 Å². The maximum Gasteiger partial charge on any atom is 0.174 e. The largest absolute Gasteiger partial charge is 0.456 e. The highest BCUT2D eigenvalue weighted by molar-refractivity contribution is 7.99. The summed E-state index contributed by atoms with van der Waals surface area (Å²) in [7, 11) is 0. The molecule has 0 saturated carbocycles. The third-order valence-electron chi connectivity index (χ3n) is 29.6. The van der Waals surface area contributed by atoms with Gasteiger partial charge in [-0.2, -0.15) is 0 Å². The molecule has 30 aromatic rings. The maximum absolute atomic E-state index is 6.25. The van der Waals surface area contributed by atoms with Gasteiger partial charge in [0.25, 0.3) is 0 Å². The first-order valence-corrected chi connectivity index (χ1v) is 57.4. The molecule has 20 aromatic carbocycles. The van der Waals surface area contributed by atoms with Gasteiger partial charge in [0.05, 0.1) is 83.6 Å². The average Bonchev–Trinajstić information content (AvgIpc) is 1.59. The minimum absolute atomic E-state index is 0.923. The van der Waals surface area contributed by atoms with Crippen LogP contribution in [-0.4, -0.2) is 47.8 Å². The van der Waals surface area contributed by atoms with Gasteiger partial charge in [0.1, 0.15) is 22.3 Å². The Morgan fingerprint density at radius 1 is 0.193 bits per heavy atom. The Balaban J connectivity index is 0.0000000844. The summed E-state index contributed by atoms with van der Waals surface area (Å²) in [6.45, 7) is 0. The lowest BCUT2D eigenvalue weighted by molar-refractivity contribution is 0.669. The molecule has 5 aliphatic rings. The molecule has 5 aliphatic heterocycles. The van der Waals surface area contributed by atoms with E-state index in [1.54, 1.807) is 23.5 Å². The monoisotopic (exact) mass is 2070 g/mol. The molecule has 710 valence electrons. The second-order valence-electron chi connectivity index (χ2n) is 38.2. The number of hydrogen-bond acceptors (Lipinski definition) is 15. The number of nitrogens with zero attached hydrogens (tertiary/aromatic N) is 10. The van der Waals surface area contributed by atoms with Crippen LogP contribution in [0.25, 0.3) is 244 Å². The van der Waals surface area contributed by atoms with Crippen molar-refractivity contribution >= 4 is 252 Å². The lowest BCUT2D eigenvalue weighted by Gasteiger charge is -2.18. The molecule has 0 saturated heterocycles. The molecule has 0 radical (unpaired) electrons. The van der Waals surface area contributed by atoms with Gasteiger partial charge in [0, 0.05) is 116 Å². The lowest BCUT2D eigenvalue weighted by atomic mass is 9.99. The van der Waals surface area contributed by atoms with Crippen molar-refractivity contribution in [2.45, 2.75) is 54.5 Å². The zero-order valence-electron chi connectivity index (χ0n) is 80.0. The fourth-order valence-corrected chi connectivity index (χ4v) is 31.1. The third kappa shape index (κ3) is 14.7. The molecule has 0 aliphatic carbocycles. The van der Waals surface area contributed by atoms with Gasteiger partial charge in [-0.05, 0) is 230 Å². The van der Waals surface area contributed by atoms with Gasteiger partial charge in [-0.1, -0.05) is 332 Å². The highest BCUT2D eigenvalue weighted by Gasteiger charge is 2.30. The van der Waals surface area contributed by atoms with Gasteiger partial charge >= 0.3 is 0 Å². The summed E-state index contributed by atoms with van der Waals surface area (Å²) in [5.41, 5.74) is 39.9. The zero-order chi connectivity index (χ0) is 98.3. The van der Waals surface area contributed by atoms with Crippen molar-refractivity contribution in [1.29, 1.82) is 0 Å². The van der Waals surface area contributed by atoms with Crippen LogP contribution in [0, 0.1) is 0 Å². The van der Waals surface area contributed by atoms with Gasteiger partial charge in [0.2, 0.25) is 0 Å². The van der Waals surface area contributed by atoms with Crippen LogP contribution in [0.5, 0.6) is 0 Å². The van der Waals surface area contributed by atoms with Crippen molar-refractivity contribution in [1.82, 2.24) is 47.8 Å². The second-order valence-corrected chi connectivity index (χ2v) is 46.1. The fourth-order valence-electron chi connectivity index (χ4n) is 22.5. The predicted octanol–water partition coefficient (Wildman–Crippen LogP) is 37.4. The second kappa shape index (κ2) is 35.8. The van der Waals surface area contributed by atoms with E-state index in [1.807, 2.05) is 93.6 Å². The van der Waals surface area contributed by atoms with E-state index in [0.717, 1.165) is 148 Å². The van der Waals surface area contributed by atoms with Gasteiger partial charge in [0.15, 0.2) is 25.8 Å². The number of fused-ring (bicyclic) bond motifs is 40. The minimum Gasteiger partial charge on any atom is -0.456 e. The van der Waals surface area contributed by atoms with Crippen LogP contribution < -0.4 is 0 Å². The molecule has 0 N–H and O–H groups in total. The van der Waals surface area contributed by atoms with Crippen LogP contribution in [0.15, 0.2) is 459 Å². The topological polar surface area (TPSA) is 115 Å². The molecule has 0 atom stereocenters. The number of imidazole rings is 5. The van der Waals surface area contributed by atoms with Crippen LogP contribution in [0.4, 0.5) is 0 Å². The van der Waals surface area contributed by atoms with E-state index in [0.29, 0.717) is 0 Å². The Kier molecular flexibility index (Phi) is 21.0. The Labute approximate surface area is 892 Å². The summed E-state index contributed by atoms with van der Waals surface area (Å²) in [4.78, 5) is 24.9. The van der Waals surface area contributed by atoms with Crippen molar-refractivity contribution in [2.75, 3.05) is 0 Å². The molecule has 12 nitrogen and oxygen atoms in total. The van der Waals surface area contributed by atoms with Gasteiger partial charge in [-0.3, -0.25) is 22.8 Å². The Morgan fingerprint density at radius 2 is 0.493 bits per heavy atom. The fraction of sp³-hybridized carbons (Fsp3) is 0.0385. The van der Waals surface area contributed by atoms with E-state index in [9.17, 15) is 0 Å². The highest BCUT2D eigenvalue weighted by Crippen LogP contribution is 2.51. The van der Waals surface area contributed by atoms with Gasteiger partial charge < -0.3 is 8.83 Å². The van der Waals surface area contributed by atoms with E-state index in [1.165, 1.54) is 178 Å². The average molecular weight is 2070 g/mol. The zero-order valence-corrected chi connectivity index (χ0v) is 86.5. The quantitative estimate of drug-likeness (QED) is 0.163. The van der Waals surface area contributed by atoms with E-state index < -0.39 is 0 Å². The van der Waals surface area contributed by atoms with Crippen LogP contribution in [0.2, 0.25) is 0 Å². The smallest absolute Gasteiger partial charge is 0.174 e. The minimum atomic E-state index is 0.923. The van der Waals surface area contributed by atoms with Crippen LogP contribution in [-0.2, 0) is 28.8 Å². The Morgan fingerprint density at radius 3 is 0.980 bits per heavy atom. The molecular weight excluding hydrogens is 1990 g/mol. The third-order valence-corrected chi connectivity index (χ3v) is 38.1. The number of hydrogen-bond donors (Lipinski definition) is 0. The summed E-state index contributed by atoms with van der Waals surface area (Å²) in [6, 6.07) is 152. The number of thioether (sulfide) groups is 5.